The highest BCUT2D eigenvalue weighted by molar-refractivity contribution is 6.60. The molecule has 1 aromatic rings. The summed E-state index contributed by atoms with van der Waals surface area (Å²) in [4.78, 5) is 0. The number of hydrogen-bond donors (Lipinski definition) is 2. The highest BCUT2D eigenvalue weighted by atomic mass is 16.6. The number of aliphatic hydroxyl groups is 1. The van der Waals surface area contributed by atoms with Crippen molar-refractivity contribution in [1.82, 2.24) is 5.16 Å². The van der Waals surface area contributed by atoms with Crippen LogP contribution in [0.1, 0.15) is 33.5 Å². The molecule has 0 aromatic carbocycles. The SMILES string of the molecule is Cc1oncc1B(O)OC(C)(C)C(C)(C)O. The van der Waals surface area contributed by atoms with Gasteiger partial charge in [-0.1, -0.05) is 5.16 Å². The summed E-state index contributed by atoms with van der Waals surface area (Å²) in [5.74, 6) is 0.499. The second-order valence-electron chi connectivity index (χ2n) is 4.88. The van der Waals surface area contributed by atoms with Crippen LogP contribution in [0.2, 0.25) is 0 Å². The first-order valence-electron chi connectivity index (χ1n) is 5.14. The van der Waals surface area contributed by atoms with Gasteiger partial charge in [-0.3, -0.25) is 0 Å². The van der Waals surface area contributed by atoms with Crippen molar-refractivity contribution < 1.29 is 19.3 Å². The molecule has 16 heavy (non-hydrogen) atoms. The largest absolute Gasteiger partial charge is 0.496 e. The lowest BCUT2D eigenvalue weighted by Gasteiger charge is -2.38. The monoisotopic (exact) mass is 227 g/mol. The average Bonchev–Trinajstić information content (AvgIpc) is 2.48. The molecule has 2 N–H and O–H groups in total. The van der Waals surface area contributed by atoms with Crippen molar-refractivity contribution in [3.8, 4) is 0 Å². The normalized spacial score (nSPS) is 12.9. The molecule has 6 heteroatoms. The zero-order chi connectivity index (χ0) is 12.6. The molecule has 0 aliphatic carbocycles. The Hall–Kier alpha value is -0.845. The predicted octanol–water partition coefficient (Wildman–Crippen LogP) is 0.237. The van der Waals surface area contributed by atoms with Gasteiger partial charge in [-0.25, -0.2) is 0 Å². The fraction of sp³-hybridized carbons (Fsp3) is 0.700. The fourth-order valence-electron chi connectivity index (χ4n) is 1.03. The van der Waals surface area contributed by atoms with Gasteiger partial charge in [0, 0.05) is 5.46 Å². The number of aryl methyl sites for hydroxylation is 1. The summed E-state index contributed by atoms with van der Waals surface area (Å²) in [6.07, 6.45) is 1.40. The van der Waals surface area contributed by atoms with Crippen LogP contribution in [-0.4, -0.2) is 33.6 Å². The van der Waals surface area contributed by atoms with Crippen LogP contribution in [0.4, 0.5) is 0 Å². The molecule has 0 radical (unpaired) electrons. The molecule has 1 aromatic heterocycles. The van der Waals surface area contributed by atoms with Crippen molar-refractivity contribution in [2.75, 3.05) is 0 Å². The van der Waals surface area contributed by atoms with Gasteiger partial charge < -0.3 is 19.3 Å². The molecule has 0 saturated heterocycles. The maximum absolute atomic E-state index is 9.89. The number of nitrogens with zero attached hydrogens (tertiary/aromatic N) is 1. The summed E-state index contributed by atoms with van der Waals surface area (Å²) in [5.41, 5.74) is -1.49. The van der Waals surface area contributed by atoms with Crippen LogP contribution in [-0.2, 0) is 4.65 Å². The van der Waals surface area contributed by atoms with E-state index < -0.39 is 18.3 Å². The Kier molecular flexibility index (Phi) is 3.47. The molecule has 0 atom stereocenters. The van der Waals surface area contributed by atoms with Crippen LogP contribution in [0.3, 0.4) is 0 Å². The van der Waals surface area contributed by atoms with Gasteiger partial charge in [-0.2, -0.15) is 0 Å². The molecular formula is C10H18BNO4. The molecule has 0 aliphatic heterocycles. The van der Waals surface area contributed by atoms with Gasteiger partial charge >= 0.3 is 7.12 Å². The second kappa shape index (κ2) is 4.20. The third-order valence-corrected chi connectivity index (χ3v) is 2.93. The number of hydrogen-bond acceptors (Lipinski definition) is 5. The van der Waals surface area contributed by atoms with Gasteiger partial charge in [0.25, 0.3) is 0 Å². The summed E-state index contributed by atoms with van der Waals surface area (Å²) in [5, 5.41) is 23.3. The first kappa shape index (κ1) is 13.2. The zero-order valence-electron chi connectivity index (χ0n) is 10.3. The predicted molar refractivity (Wildman–Crippen MR) is 60.3 cm³/mol. The standard InChI is InChI=1S/C10H18BNO4/c1-7-8(6-12-15-7)11(14)16-10(4,5)9(2,3)13/h6,13-14H,1-5H3. The summed E-state index contributed by atoms with van der Waals surface area (Å²) >= 11 is 0. The summed E-state index contributed by atoms with van der Waals surface area (Å²) in [7, 11) is -1.16. The van der Waals surface area contributed by atoms with E-state index in [0.29, 0.717) is 11.2 Å². The van der Waals surface area contributed by atoms with E-state index in [1.807, 2.05) is 0 Å². The van der Waals surface area contributed by atoms with E-state index in [9.17, 15) is 10.1 Å². The maximum atomic E-state index is 9.89. The van der Waals surface area contributed by atoms with Crippen LogP contribution in [0.5, 0.6) is 0 Å². The molecule has 0 saturated carbocycles. The Balaban J connectivity index is 2.80. The van der Waals surface area contributed by atoms with E-state index in [1.54, 1.807) is 34.6 Å². The van der Waals surface area contributed by atoms with E-state index >= 15 is 0 Å². The summed E-state index contributed by atoms with van der Waals surface area (Å²) in [6.45, 7) is 8.35. The topological polar surface area (TPSA) is 75.7 Å². The van der Waals surface area contributed by atoms with Crippen molar-refractivity contribution in [2.24, 2.45) is 0 Å². The molecule has 1 heterocycles. The average molecular weight is 227 g/mol. The summed E-state index contributed by atoms with van der Waals surface area (Å²) in [6, 6.07) is 0. The van der Waals surface area contributed by atoms with Gasteiger partial charge in [-0.05, 0) is 34.6 Å². The molecule has 0 amide bonds. The molecule has 0 spiro atoms. The van der Waals surface area contributed by atoms with Gasteiger partial charge in [0.2, 0.25) is 0 Å². The molecule has 5 nitrogen and oxygen atoms in total. The third kappa shape index (κ3) is 2.64. The minimum absolute atomic E-state index is 0.470. The number of rotatable bonds is 4. The minimum atomic E-state index is -1.16. The third-order valence-electron chi connectivity index (χ3n) is 2.93. The first-order chi connectivity index (χ1) is 7.15. The second-order valence-corrected chi connectivity index (χ2v) is 4.88. The van der Waals surface area contributed by atoms with E-state index in [2.05, 4.69) is 5.16 Å². The van der Waals surface area contributed by atoms with Crippen molar-refractivity contribution >= 4 is 12.6 Å². The van der Waals surface area contributed by atoms with Gasteiger partial charge in [-0.15, -0.1) is 0 Å². The van der Waals surface area contributed by atoms with E-state index in [4.69, 9.17) is 9.18 Å². The molecule has 90 valence electrons. The Morgan fingerprint density at radius 1 is 1.38 bits per heavy atom. The summed E-state index contributed by atoms with van der Waals surface area (Å²) < 4.78 is 10.3. The van der Waals surface area contributed by atoms with E-state index in [0.717, 1.165) is 0 Å². The lowest BCUT2D eigenvalue weighted by Crippen LogP contribution is -2.53. The van der Waals surface area contributed by atoms with Crippen LogP contribution in [0.25, 0.3) is 0 Å². The quantitative estimate of drug-likeness (QED) is 0.720. The zero-order valence-corrected chi connectivity index (χ0v) is 10.3. The lowest BCUT2D eigenvalue weighted by molar-refractivity contribution is -0.0982. The van der Waals surface area contributed by atoms with Crippen molar-refractivity contribution in [3.63, 3.8) is 0 Å². The van der Waals surface area contributed by atoms with Crippen LogP contribution in [0, 0.1) is 6.92 Å². The Morgan fingerprint density at radius 2 is 1.94 bits per heavy atom. The van der Waals surface area contributed by atoms with Crippen LogP contribution >= 0.6 is 0 Å². The van der Waals surface area contributed by atoms with Crippen LogP contribution in [0.15, 0.2) is 10.7 Å². The van der Waals surface area contributed by atoms with Crippen molar-refractivity contribution in [2.45, 2.75) is 45.8 Å². The highest BCUT2D eigenvalue weighted by Gasteiger charge is 2.40. The fourth-order valence-corrected chi connectivity index (χ4v) is 1.03. The van der Waals surface area contributed by atoms with E-state index in [1.165, 1.54) is 6.20 Å². The molecule has 0 unspecified atom stereocenters. The molecule has 0 bridgehead atoms. The van der Waals surface area contributed by atoms with E-state index in [-0.39, 0.29) is 0 Å². The molecule has 0 fully saturated rings. The first-order valence-corrected chi connectivity index (χ1v) is 5.14. The Morgan fingerprint density at radius 3 is 2.31 bits per heavy atom. The molecular weight excluding hydrogens is 209 g/mol. The van der Waals surface area contributed by atoms with Gasteiger partial charge in [0.15, 0.2) is 0 Å². The Labute approximate surface area is 95.5 Å². The maximum Gasteiger partial charge on any atom is 0.496 e. The Bertz CT molecular complexity index is 356. The lowest BCUT2D eigenvalue weighted by atomic mass is 9.77. The molecule has 0 aliphatic rings. The smallest absolute Gasteiger partial charge is 0.423 e. The van der Waals surface area contributed by atoms with Crippen molar-refractivity contribution in [3.05, 3.63) is 12.0 Å². The van der Waals surface area contributed by atoms with Crippen LogP contribution < -0.4 is 5.46 Å². The minimum Gasteiger partial charge on any atom is -0.423 e. The van der Waals surface area contributed by atoms with Gasteiger partial charge in [0.05, 0.1) is 17.4 Å². The van der Waals surface area contributed by atoms with Gasteiger partial charge in [0.1, 0.15) is 5.76 Å². The number of aromatic nitrogens is 1. The highest BCUT2D eigenvalue weighted by Crippen LogP contribution is 2.25. The molecule has 1 rings (SSSR count). The van der Waals surface area contributed by atoms with Crippen molar-refractivity contribution in [1.29, 1.82) is 0 Å².